The van der Waals surface area contributed by atoms with Crippen LogP contribution in [0.3, 0.4) is 0 Å². The van der Waals surface area contributed by atoms with Crippen molar-refractivity contribution >= 4 is 0 Å². The fraction of sp³-hybridized carbons (Fsp3) is 0.917. The molecule has 0 unspecified atom stereocenters. The van der Waals surface area contributed by atoms with Gasteiger partial charge in [-0.25, -0.2) is 0 Å². The summed E-state index contributed by atoms with van der Waals surface area (Å²) in [5.74, 6) is 3.64. The van der Waals surface area contributed by atoms with E-state index in [0.29, 0.717) is 6.61 Å². The van der Waals surface area contributed by atoms with E-state index >= 15 is 0 Å². The van der Waals surface area contributed by atoms with Crippen molar-refractivity contribution in [1.29, 1.82) is 0 Å². The average Bonchev–Trinajstić information content (AvgIpc) is 2.68. The molecule has 26 heavy (non-hydrogen) atoms. The van der Waals surface area contributed by atoms with E-state index in [1.165, 1.54) is 83.5 Å². The summed E-state index contributed by atoms with van der Waals surface area (Å²) >= 11 is 0. The highest BCUT2D eigenvalue weighted by Gasteiger charge is 2.24. The van der Waals surface area contributed by atoms with E-state index < -0.39 is 0 Å². The lowest BCUT2D eigenvalue weighted by atomic mass is 9.76. The lowest BCUT2D eigenvalue weighted by Gasteiger charge is -2.32. The van der Waals surface area contributed by atoms with Crippen molar-refractivity contribution in [3.8, 4) is 0 Å². The maximum atomic E-state index is 5.90. The zero-order chi connectivity index (χ0) is 18.5. The van der Waals surface area contributed by atoms with Crippen LogP contribution in [0, 0.1) is 23.7 Å². The van der Waals surface area contributed by atoms with Gasteiger partial charge in [-0.3, -0.25) is 0 Å². The van der Waals surface area contributed by atoms with Gasteiger partial charge in [0.1, 0.15) is 0 Å². The first-order chi connectivity index (χ1) is 12.8. The third-order valence-corrected chi connectivity index (χ3v) is 6.75. The van der Waals surface area contributed by atoms with Crippen LogP contribution < -0.4 is 0 Å². The first kappa shape index (κ1) is 22.0. The molecule has 2 saturated carbocycles. The van der Waals surface area contributed by atoms with E-state index in [2.05, 4.69) is 13.5 Å². The lowest BCUT2D eigenvalue weighted by molar-refractivity contribution is 0.0726. The van der Waals surface area contributed by atoms with Crippen molar-refractivity contribution in [3.05, 3.63) is 12.7 Å². The minimum Gasteiger partial charge on any atom is -0.381 e. The van der Waals surface area contributed by atoms with Crippen molar-refractivity contribution in [1.82, 2.24) is 0 Å². The van der Waals surface area contributed by atoms with Gasteiger partial charge in [-0.05, 0) is 55.8 Å². The smallest absolute Gasteiger partial charge is 0.0644 e. The summed E-state index contributed by atoms with van der Waals surface area (Å²) < 4.78 is 11.5. The maximum Gasteiger partial charge on any atom is 0.0644 e. The van der Waals surface area contributed by atoms with Gasteiger partial charge in [-0.2, -0.15) is 0 Å². The zero-order valence-electron chi connectivity index (χ0n) is 17.4. The highest BCUT2D eigenvalue weighted by Crippen LogP contribution is 2.36. The van der Waals surface area contributed by atoms with Crippen LogP contribution in [0.1, 0.15) is 90.4 Å². The quantitative estimate of drug-likeness (QED) is 0.264. The van der Waals surface area contributed by atoms with Gasteiger partial charge in [0.05, 0.1) is 6.61 Å². The van der Waals surface area contributed by atoms with E-state index in [4.69, 9.17) is 9.47 Å². The molecule has 0 atom stereocenters. The molecule has 0 aromatic carbocycles. The average molecular weight is 365 g/mol. The van der Waals surface area contributed by atoms with Gasteiger partial charge in [-0.1, -0.05) is 64.4 Å². The van der Waals surface area contributed by atoms with Gasteiger partial charge in [-0.15, -0.1) is 6.58 Å². The Morgan fingerprint density at radius 1 is 0.731 bits per heavy atom. The molecule has 2 aliphatic rings. The normalized spacial score (nSPS) is 29.6. The summed E-state index contributed by atoms with van der Waals surface area (Å²) in [6.45, 7) is 9.64. The Morgan fingerprint density at radius 2 is 1.23 bits per heavy atom. The third kappa shape index (κ3) is 9.04. The van der Waals surface area contributed by atoms with Gasteiger partial charge in [0.15, 0.2) is 0 Å². The molecule has 0 spiro atoms. The van der Waals surface area contributed by atoms with Crippen LogP contribution in [0.2, 0.25) is 0 Å². The Hall–Kier alpha value is -0.340. The van der Waals surface area contributed by atoms with E-state index in [-0.39, 0.29) is 0 Å². The van der Waals surface area contributed by atoms with E-state index in [1.54, 1.807) is 0 Å². The molecule has 0 aliphatic heterocycles. The largest absolute Gasteiger partial charge is 0.381 e. The van der Waals surface area contributed by atoms with Crippen LogP contribution >= 0.6 is 0 Å². The Labute approximate surface area is 163 Å². The fourth-order valence-corrected chi connectivity index (χ4v) is 4.87. The summed E-state index contributed by atoms with van der Waals surface area (Å²) in [4.78, 5) is 0. The lowest BCUT2D eigenvalue weighted by Crippen LogP contribution is -2.21. The molecular formula is C24H44O2. The van der Waals surface area contributed by atoms with Crippen LogP contribution in [0.5, 0.6) is 0 Å². The van der Waals surface area contributed by atoms with Gasteiger partial charge >= 0.3 is 0 Å². The topological polar surface area (TPSA) is 18.5 Å². The second-order valence-electron chi connectivity index (χ2n) is 8.96. The van der Waals surface area contributed by atoms with Gasteiger partial charge in [0, 0.05) is 19.8 Å². The molecule has 0 aromatic rings. The summed E-state index contributed by atoms with van der Waals surface area (Å²) in [5, 5.41) is 0. The van der Waals surface area contributed by atoms with Gasteiger partial charge in [0.2, 0.25) is 0 Å². The van der Waals surface area contributed by atoms with Crippen molar-refractivity contribution in [2.24, 2.45) is 23.7 Å². The van der Waals surface area contributed by atoms with Crippen molar-refractivity contribution in [3.63, 3.8) is 0 Å². The molecule has 2 rings (SSSR count). The van der Waals surface area contributed by atoms with E-state index in [9.17, 15) is 0 Å². The minimum atomic E-state index is 0.715. The monoisotopic (exact) mass is 364 g/mol. The summed E-state index contributed by atoms with van der Waals surface area (Å²) in [7, 11) is 0. The molecule has 0 N–H and O–H groups in total. The van der Waals surface area contributed by atoms with Crippen LogP contribution in [0.25, 0.3) is 0 Å². The summed E-state index contributed by atoms with van der Waals surface area (Å²) in [6.07, 6.45) is 20.0. The molecule has 152 valence electrons. The van der Waals surface area contributed by atoms with Crippen LogP contribution in [0.15, 0.2) is 12.7 Å². The van der Waals surface area contributed by atoms with Gasteiger partial charge < -0.3 is 9.47 Å². The summed E-state index contributed by atoms with van der Waals surface area (Å²) in [5.41, 5.74) is 0. The zero-order valence-corrected chi connectivity index (χ0v) is 17.4. The SMILES string of the molecule is C=CCOC[C@H]1CC[C@H](CC[C@H]2CC[C@H](COCCCCC)CC2)CC1. The molecule has 2 fully saturated rings. The number of ether oxygens (including phenoxy) is 2. The predicted molar refractivity (Wildman–Crippen MR) is 111 cm³/mol. The van der Waals surface area contributed by atoms with E-state index in [0.717, 1.165) is 43.5 Å². The Morgan fingerprint density at radius 3 is 1.73 bits per heavy atom. The second kappa shape index (κ2) is 13.8. The Kier molecular flexibility index (Phi) is 11.6. The Bertz CT molecular complexity index is 338. The molecule has 2 heteroatoms. The second-order valence-corrected chi connectivity index (χ2v) is 8.96. The molecule has 2 aliphatic carbocycles. The first-order valence-electron chi connectivity index (χ1n) is 11.6. The number of hydrogen-bond donors (Lipinski definition) is 0. The molecule has 0 amide bonds. The highest BCUT2D eigenvalue weighted by atomic mass is 16.5. The van der Waals surface area contributed by atoms with Crippen LogP contribution in [0.4, 0.5) is 0 Å². The fourth-order valence-electron chi connectivity index (χ4n) is 4.87. The predicted octanol–water partition coefficient (Wildman–Crippen LogP) is 6.79. The first-order valence-corrected chi connectivity index (χ1v) is 11.6. The van der Waals surface area contributed by atoms with Crippen LogP contribution in [-0.2, 0) is 9.47 Å². The third-order valence-electron chi connectivity index (χ3n) is 6.75. The molecule has 0 heterocycles. The molecular weight excluding hydrogens is 320 g/mol. The van der Waals surface area contributed by atoms with Gasteiger partial charge in [0.25, 0.3) is 0 Å². The summed E-state index contributed by atoms with van der Waals surface area (Å²) in [6, 6.07) is 0. The minimum absolute atomic E-state index is 0.715. The molecule has 2 nitrogen and oxygen atoms in total. The van der Waals surface area contributed by atoms with E-state index in [1.807, 2.05) is 6.08 Å². The molecule has 0 radical (unpaired) electrons. The molecule has 0 aromatic heterocycles. The maximum absolute atomic E-state index is 5.90. The van der Waals surface area contributed by atoms with Crippen molar-refractivity contribution in [2.45, 2.75) is 90.4 Å². The highest BCUT2D eigenvalue weighted by molar-refractivity contribution is 4.77. The van der Waals surface area contributed by atoms with Crippen molar-refractivity contribution < 1.29 is 9.47 Å². The number of hydrogen-bond acceptors (Lipinski definition) is 2. The Balaban J connectivity index is 1.47. The number of rotatable bonds is 13. The number of unbranched alkanes of at least 4 members (excludes halogenated alkanes) is 2. The molecule has 0 bridgehead atoms. The molecule has 0 saturated heterocycles. The van der Waals surface area contributed by atoms with Crippen LogP contribution in [-0.4, -0.2) is 26.4 Å². The standard InChI is InChI=1S/C24H44O2/c1-3-5-6-18-26-20-24-15-11-22(12-16-24)8-7-21-9-13-23(14-10-21)19-25-17-4-2/h4,21-24H,2-3,5-20H2,1H3/t21-,22-,23-,24-. The van der Waals surface area contributed by atoms with Crippen molar-refractivity contribution in [2.75, 3.05) is 26.4 Å².